The van der Waals surface area contributed by atoms with Crippen molar-refractivity contribution >= 4 is 11.9 Å². The molecule has 0 bridgehead atoms. The summed E-state index contributed by atoms with van der Waals surface area (Å²) in [6.07, 6.45) is 2.61. The molecule has 2 aromatic carbocycles. The third-order valence-electron chi connectivity index (χ3n) is 5.86. The Kier molecular flexibility index (Phi) is 6.63. The van der Waals surface area contributed by atoms with Gasteiger partial charge in [0.15, 0.2) is 17.2 Å². The quantitative estimate of drug-likeness (QED) is 0.530. The van der Waals surface area contributed by atoms with Crippen LogP contribution in [0.3, 0.4) is 0 Å². The van der Waals surface area contributed by atoms with Crippen LogP contribution in [0.2, 0.25) is 0 Å². The van der Waals surface area contributed by atoms with E-state index in [-0.39, 0.29) is 12.3 Å². The van der Waals surface area contributed by atoms with Gasteiger partial charge in [0, 0.05) is 11.3 Å². The number of esters is 1. The van der Waals surface area contributed by atoms with Crippen LogP contribution < -0.4 is 14.8 Å². The molecule has 0 fully saturated rings. The van der Waals surface area contributed by atoms with E-state index in [1.54, 1.807) is 25.3 Å². The molecule has 4 rings (SSSR count). The molecule has 0 aliphatic heterocycles. The molecular weight excluding hydrogens is 422 g/mol. The molecule has 172 valence electrons. The van der Waals surface area contributed by atoms with Gasteiger partial charge in [-0.3, -0.25) is 9.59 Å². The van der Waals surface area contributed by atoms with Gasteiger partial charge < -0.3 is 19.5 Å². The molecule has 1 aromatic heterocycles. The zero-order valence-corrected chi connectivity index (χ0v) is 19.0. The van der Waals surface area contributed by atoms with Gasteiger partial charge in [-0.05, 0) is 49.1 Å². The van der Waals surface area contributed by atoms with E-state index < -0.39 is 12.0 Å². The Labute approximate surface area is 192 Å². The molecule has 3 aromatic rings. The molecular formula is C25H27N3O5. The molecule has 1 amide bonds. The molecule has 8 nitrogen and oxygen atoms in total. The predicted octanol–water partition coefficient (Wildman–Crippen LogP) is 3.41. The number of amides is 1. The van der Waals surface area contributed by atoms with Crippen molar-refractivity contribution in [2.75, 3.05) is 21.3 Å². The Bertz CT molecular complexity index is 1160. The van der Waals surface area contributed by atoms with E-state index in [1.165, 1.54) is 14.2 Å². The van der Waals surface area contributed by atoms with Gasteiger partial charge in [0.1, 0.15) is 0 Å². The van der Waals surface area contributed by atoms with Crippen LogP contribution in [-0.4, -0.2) is 43.0 Å². The number of hydrogen-bond donors (Lipinski definition) is 1. The van der Waals surface area contributed by atoms with E-state index in [1.807, 2.05) is 35.0 Å². The summed E-state index contributed by atoms with van der Waals surface area (Å²) in [5.41, 5.74) is 4.02. The minimum atomic E-state index is -0.622. The van der Waals surface area contributed by atoms with Crippen LogP contribution in [-0.2, 0) is 22.4 Å². The van der Waals surface area contributed by atoms with Gasteiger partial charge in [0.05, 0.1) is 39.5 Å². The van der Waals surface area contributed by atoms with Gasteiger partial charge in [-0.2, -0.15) is 5.10 Å². The van der Waals surface area contributed by atoms with E-state index in [0.717, 1.165) is 36.2 Å². The van der Waals surface area contributed by atoms with Gasteiger partial charge in [0.2, 0.25) is 0 Å². The van der Waals surface area contributed by atoms with Crippen LogP contribution >= 0.6 is 0 Å². The summed E-state index contributed by atoms with van der Waals surface area (Å²) in [7, 11) is 4.41. The molecule has 1 aliphatic carbocycles. The van der Waals surface area contributed by atoms with Gasteiger partial charge >= 0.3 is 5.97 Å². The zero-order chi connectivity index (χ0) is 23.4. The molecule has 0 radical (unpaired) electrons. The van der Waals surface area contributed by atoms with E-state index in [9.17, 15) is 9.59 Å². The van der Waals surface area contributed by atoms with Crippen LogP contribution in [0.4, 0.5) is 0 Å². The molecule has 0 saturated heterocycles. The fourth-order valence-electron chi connectivity index (χ4n) is 4.20. The highest BCUT2D eigenvalue weighted by molar-refractivity contribution is 5.95. The maximum Gasteiger partial charge on any atom is 0.307 e. The highest BCUT2D eigenvalue weighted by Gasteiger charge is 2.29. The second kappa shape index (κ2) is 9.77. The number of benzene rings is 2. The third kappa shape index (κ3) is 4.55. The van der Waals surface area contributed by atoms with Gasteiger partial charge in [-0.1, -0.05) is 24.3 Å². The average Bonchev–Trinajstić information content (AvgIpc) is 3.46. The van der Waals surface area contributed by atoms with Crippen molar-refractivity contribution in [1.82, 2.24) is 15.1 Å². The molecule has 0 spiro atoms. The number of hydrogen-bond acceptors (Lipinski definition) is 6. The predicted molar refractivity (Wildman–Crippen MR) is 122 cm³/mol. The summed E-state index contributed by atoms with van der Waals surface area (Å²) in [5.74, 6) is 0.304. The van der Waals surface area contributed by atoms with Crippen molar-refractivity contribution in [3.8, 4) is 17.2 Å². The molecule has 1 unspecified atom stereocenters. The molecule has 1 atom stereocenters. The average molecular weight is 450 g/mol. The lowest BCUT2D eigenvalue weighted by atomic mass is 10.0. The van der Waals surface area contributed by atoms with Crippen LogP contribution in [0.15, 0.2) is 48.5 Å². The maximum absolute atomic E-state index is 13.4. The lowest BCUT2D eigenvalue weighted by Gasteiger charge is -2.19. The smallest absolute Gasteiger partial charge is 0.307 e. The van der Waals surface area contributed by atoms with Crippen LogP contribution in [0.1, 0.15) is 46.2 Å². The fourth-order valence-corrected chi connectivity index (χ4v) is 4.20. The number of ether oxygens (including phenoxy) is 3. The SMILES string of the molecule is COC(=O)CC(NC(=O)c1nn(-c2ccccc2)c2c1CCC2)c1ccc(OC)c(OC)c1. The Balaban J connectivity index is 1.66. The second-order valence-corrected chi connectivity index (χ2v) is 7.80. The monoisotopic (exact) mass is 449 g/mol. The Morgan fingerprint density at radius 1 is 1.03 bits per heavy atom. The van der Waals surface area contributed by atoms with Crippen LogP contribution in [0.5, 0.6) is 11.5 Å². The van der Waals surface area contributed by atoms with Crippen LogP contribution in [0.25, 0.3) is 5.69 Å². The van der Waals surface area contributed by atoms with Crippen molar-refractivity contribution in [2.45, 2.75) is 31.7 Å². The first-order chi connectivity index (χ1) is 16.0. The first-order valence-corrected chi connectivity index (χ1v) is 10.8. The Morgan fingerprint density at radius 3 is 2.48 bits per heavy atom. The summed E-state index contributed by atoms with van der Waals surface area (Å²) < 4.78 is 17.4. The third-order valence-corrected chi connectivity index (χ3v) is 5.86. The minimum Gasteiger partial charge on any atom is -0.493 e. The van der Waals surface area contributed by atoms with Crippen molar-refractivity contribution in [3.05, 3.63) is 71.0 Å². The Morgan fingerprint density at radius 2 is 1.79 bits per heavy atom. The molecule has 8 heteroatoms. The molecule has 1 N–H and O–H groups in total. The highest BCUT2D eigenvalue weighted by atomic mass is 16.5. The van der Waals surface area contributed by atoms with Crippen molar-refractivity contribution in [1.29, 1.82) is 0 Å². The molecule has 0 saturated carbocycles. The normalized spacial score (nSPS) is 13.2. The minimum absolute atomic E-state index is 0.0285. The van der Waals surface area contributed by atoms with Crippen molar-refractivity contribution < 1.29 is 23.8 Å². The number of nitrogens with one attached hydrogen (secondary N) is 1. The van der Waals surface area contributed by atoms with E-state index in [0.29, 0.717) is 22.8 Å². The second-order valence-electron chi connectivity index (χ2n) is 7.80. The summed E-state index contributed by atoms with van der Waals surface area (Å²) in [6.45, 7) is 0. The van der Waals surface area contributed by atoms with Gasteiger partial charge in [0.25, 0.3) is 5.91 Å². The first kappa shape index (κ1) is 22.4. The highest BCUT2D eigenvalue weighted by Crippen LogP contribution is 2.32. The summed E-state index contributed by atoms with van der Waals surface area (Å²) in [6, 6.07) is 14.4. The summed E-state index contributed by atoms with van der Waals surface area (Å²) >= 11 is 0. The Hall–Kier alpha value is -3.81. The van der Waals surface area contributed by atoms with Crippen molar-refractivity contribution in [2.24, 2.45) is 0 Å². The zero-order valence-electron chi connectivity index (χ0n) is 19.0. The largest absolute Gasteiger partial charge is 0.493 e. The van der Waals surface area contributed by atoms with Gasteiger partial charge in [-0.25, -0.2) is 4.68 Å². The van der Waals surface area contributed by atoms with Crippen molar-refractivity contribution in [3.63, 3.8) is 0 Å². The molecule has 1 heterocycles. The number of fused-ring (bicyclic) bond motifs is 1. The topological polar surface area (TPSA) is 91.7 Å². The lowest BCUT2D eigenvalue weighted by Crippen LogP contribution is -2.31. The number of para-hydroxylation sites is 1. The number of methoxy groups -OCH3 is 3. The number of carbonyl (C=O) groups excluding carboxylic acids is 2. The van der Waals surface area contributed by atoms with E-state index in [2.05, 4.69) is 10.4 Å². The summed E-state index contributed by atoms with van der Waals surface area (Å²) in [4.78, 5) is 25.5. The van der Waals surface area contributed by atoms with Crippen LogP contribution in [0, 0.1) is 0 Å². The number of nitrogens with zero attached hydrogens (tertiary/aromatic N) is 2. The van der Waals surface area contributed by atoms with E-state index in [4.69, 9.17) is 14.2 Å². The standard InChI is InChI=1S/C25H27N3O5/c1-31-21-13-12-16(14-22(21)32-2)19(15-23(29)33-3)26-25(30)24-18-10-7-11-20(18)28(27-24)17-8-5-4-6-9-17/h4-6,8-9,12-14,19H,7,10-11,15H2,1-3H3,(H,26,30). The number of rotatable bonds is 8. The fraction of sp³-hybridized carbons (Fsp3) is 0.320. The lowest BCUT2D eigenvalue weighted by molar-refractivity contribution is -0.141. The maximum atomic E-state index is 13.4. The van der Waals surface area contributed by atoms with E-state index >= 15 is 0 Å². The number of aromatic nitrogens is 2. The molecule has 1 aliphatic rings. The first-order valence-electron chi connectivity index (χ1n) is 10.8. The van der Waals surface area contributed by atoms with Gasteiger partial charge in [-0.15, -0.1) is 0 Å². The summed E-state index contributed by atoms with van der Waals surface area (Å²) in [5, 5.41) is 7.64. The molecule has 33 heavy (non-hydrogen) atoms. The number of carbonyl (C=O) groups is 2.